The van der Waals surface area contributed by atoms with Crippen molar-refractivity contribution in [2.45, 2.75) is 50.6 Å². The number of carbonyl (C=O) groups is 1. The molecule has 2 rings (SSSR count). The van der Waals surface area contributed by atoms with Gasteiger partial charge in [0.15, 0.2) is 0 Å². The van der Waals surface area contributed by atoms with Crippen molar-refractivity contribution in [3.8, 4) is 0 Å². The van der Waals surface area contributed by atoms with E-state index < -0.39 is 0 Å². The van der Waals surface area contributed by atoms with Gasteiger partial charge in [-0.15, -0.1) is 0 Å². The van der Waals surface area contributed by atoms with E-state index in [2.05, 4.69) is 33.4 Å². The summed E-state index contributed by atoms with van der Waals surface area (Å²) in [6, 6.07) is 8.72. The van der Waals surface area contributed by atoms with Gasteiger partial charge in [-0.3, -0.25) is 4.79 Å². The Balaban J connectivity index is 1.94. The van der Waals surface area contributed by atoms with Crippen molar-refractivity contribution in [2.24, 2.45) is 11.7 Å². The van der Waals surface area contributed by atoms with Crippen molar-refractivity contribution < 1.29 is 9.53 Å². The van der Waals surface area contributed by atoms with E-state index in [-0.39, 0.29) is 17.9 Å². The molecule has 1 aromatic carbocycles. The molecule has 128 valence electrons. The molecule has 5 heteroatoms. The number of nitrogens with one attached hydrogen (secondary N) is 1. The van der Waals surface area contributed by atoms with Crippen LogP contribution < -0.4 is 11.1 Å². The van der Waals surface area contributed by atoms with Gasteiger partial charge in [0.2, 0.25) is 5.91 Å². The van der Waals surface area contributed by atoms with Gasteiger partial charge in [-0.1, -0.05) is 28.1 Å². The standard InChI is InChI=1S/C18H27BrN2O2/c1-23-10-9-14(11-13-3-2-4-15(19)12-13)18(22)21-17-7-5-16(20)6-8-17/h2-4,12,14,16-17H,5-11,20H2,1H3,(H,21,22). The third-order valence-electron chi connectivity index (χ3n) is 4.53. The molecule has 1 aromatic rings. The van der Waals surface area contributed by atoms with Crippen LogP contribution in [0.15, 0.2) is 28.7 Å². The first kappa shape index (κ1) is 18.4. The van der Waals surface area contributed by atoms with Crippen molar-refractivity contribution in [1.82, 2.24) is 5.32 Å². The number of carbonyl (C=O) groups excluding carboxylic acids is 1. The maximum atomic E-state index is 12.7. The van der Waals surface area contributed by atoms with Gasteiger partial charge in [0.05, 0.1) is 0 Å². The number of amides is 1. The summed E-state index contributed by atoms with van der Waals surface area (Å²) < 4.78 is 6.23. The summed E-state index contributed by atoms with van der Waals surface area (Å²) in [5.74, 6) is 0.0855. The third-order valence-corrected chi connectivity index (χ3v) is 5.02. The minimum Gasteiger partial charge on any atom is -0.385 e. The Morgan fingerprint density at radius 2 is 2.13 bits per heavy atom. The summed E-state index contributed by atoms with van der Waals surface area (Å²) in [6.07, 6.45) is 5.45. The molecule has 3 N–H and O–H groups in total. The quantitative estimate of drug-likeness (QED) is 0.761. The van der Waals surface area contributed by atoms with Crippen LogP contribution in [0, 0.1) is 5.92 Å². The highest BCUT2D eigenvalue weighted by atomic mass is 79.9. The summed E-state index contributed by atoms with van der Waals surface area (Å²) >= 11 is 3.49. The molecule has 1 saturated carbocycles. The van der Waals surface area contributed by atoms with Crippen molar-refractivity contribution >= 4 is 21.8 Å². The van der Waals surface area contributed by atoms with Crippen molar-refractivity contribution in [1.29, 1.82) is 0 Å². The number of ether oxygens (including phenoxy) is 1. The minimum absolute atomic E-state index is 0.0557. The maximum Gasteiger partial charge on any atom is 0.223 e. The molecular weight excluding hydrogens is 356 g/mol. The van der Waals surface area contributed by atoms with Gasteiger partial charge in [-0.2, -0.15) is 0 Å². The number of benzene rings is 1. The van der Waals surface area contributed by atoms with E-state index in [1.54, 1.807) is 7.11 Å². The Morgan fingerprint density at radius 1 is 1.39 bits per heavy atom. The van der Waals surface area contributed by atoms with Crippen molar-refractivity contribution in [3.05, 3.63) is 34.3 Å². The van der Waals surface area contributed by atoms with Crippen LogP contribution in [0.25, 0.3) is 0 Å². The molecule has 1 amide bonds. The second-order valence-corrected chi connectivity index (χ2v) is 7.35. The maximum absolute atomic E-state index is 12.7. The van der Waals surface area contributed by atoms with Crippen LogP contribution in [0.2, 0.25) is 0 Å². The number of hydrogen-bond donors (Lipinski definition) is 2. The molecule has 1 unspecified atom stereocenters. The lowest BCUT2D eigenvalue weighted by Gasteiger charge is -2.28. The second kappa shape index (κ2) is 9.40. The fourth-order valence-electron chi connectivity index (χ4n) is 3.12. The zero-order valence-electron chi connectivity index (χ0n) is 13.8. The van der Waals surface area contributed by atoms with Gasteiger partial charge in [0.1, 0.15) is 0 Å². The fraction of sp³-hybridized carbons (Fsp3) is 0.611. The predicted molar refractivity (Wildman–Crippen MR) is 96.2 cm³/mol. The highest BCUT2D eigenvalue weighted by Crippen LogP contribution is 2.20. The monoisotopic (exact) mass is 382 g/mol. The van der Waals surface area contributed by atoms with E-state index in [9.17, 15) is 4.79 Å². The van der Waals surface area contributed by atoms with Gasteiger partial charge < -0.3 is 15.8 Å². The summed E-state index contributed by atoms with van der Waals surface area (Å²) in [5.41, 5.74) is 7.10. The van der Waals surface area contributed by atoms with Crippen LogP contribution in [0.1, 0.15) is 37.7 Å². The SMILES string of the molecule is COCCC(Cc1cccc(Br)c1)C(=O)NC1CCC(N)CC1. The highest BCUT2D eigenvalue weighted by Gasteiger charge is 2.24. The molecule has 0 spiro atoms. The van der Waals surface area contributed by atoms with Gasteiger partial charge in [0, 0.05) is 36.2 Å². The van der Waals surface area contributed by atoms with Crippen molar-refractivity contribution in [2.75, 3.05) is 13.7 Å². The van der Waals surface area contributed by atoms with E-state index in [1.165, 1.54) is 5.56 Å². The first-order valence-corrected chi connectivity index (χ1v) is 9.17. The zero-order valence-corrected chi connectivity index (χ0v) is 15.3. The molecule has 1 atom stereocenters. The first-order chi connectivity index (χ1) is 11.1. The number of halogens is 1. The number of hydrogen-bond acceptors (Lipinski definition) is 3. The van der Waals surface area contributed by atoms with Crippen LogP contribution in [0.4, 0.5) is 0 Å². The Hall–Kier alpha value is -0.910. The number of methoxy groups -OCH3 is 1. The smallest absolute Gasteiger partial charge is 0.223 e. The third kappa shape index (κ3) is 6.24. The molecule has 0 heterocycles. The molecule has 1 fully saturated rings. The molecule has 0 bridgehead atoms. The van der Waals surface area contributed by atoms with E-state index in [0.717, 1.165) is 43.0 Å². The lowest BCUT2D eigenvalue weighted by Crippen LogP contribution is -2.43. The average molecular weight is 383 g/mol. The lowest BCUT2D eigenvalue weighted by molar-refractivity contribution is -0.126. The molecule has 23 heavy (non-hydrogen) atoms. The highest BCUT2D eigenvalue weighted by molar-refractivity contribution is 9.10. The van der Waals surface area contributed by atoms with Crippen LogP contribution in [-0.4, -0.2) is 31.7 Å². The van der Waals surface area contributed by atoms with Crippen LogP contribution >= 0.6 is 15.9 Å². The largest absolute Gasteiger partial charge is 0.385 e. The Labute approximate surface area is 147 Å². The summed E-state index contributed by atoms with van der Waals surface area (Å²) in [7, 11) is 1.68. The van der Waals surface area contributed by atoms with Crippen LogP contribution in [-0.2, 0) is 16.0 Å². The van der Waals surface area contributed by atoms with E-state index >= 15 is 0 Å². The number of rotatable bonds is 7. The summed E-state index contributed by atoms with van der Waals surface area (Å²) in [4.78, 5) is 12.7. The lowest BCUT2D eigenvalue weighted by atomic mass is 9.90. The van der Waals surface area contributed by atoms with Crippen LogP contribution in [0.5, 0.6) is 0 Å². The minimum atomic E-state index is -0.0557. The van der Waals surface area contributed by atoms with E-state index in [0.29, 0.717) is 12.6 Å². The molecule has 1 aliphatic carbocycles. The predicted octanol–water partition coefficient (Wildman–Crippen LogP) is 3.03. The molecule has 0 radical (unpaired) electrons. The molecule has 1 aliphatic rings. The molecule has 4 nitrogen and oxygen atoms in total. The first-order valence-electron chi connectivity index (χ1n) is 8.38. The van der Waals surface area contributed by atoms with Gasteiger partial charge in [-0.05, 0) is 56.2 Å². The Morgan fingerprint density at radius 3 is 2.78 bits per heavy atom. The summed E-state index contributed by atoms with van der Waals surface area (Å²) in [5, 5.41) is 3.22. The van der Waals surface area contributed by atoms with Gasteiger partial charge >= 0.3 is 0 Å². The molecule has 0 aliphatic heterocycles. The molecular formula is C18H27BrN2O2. The Bertz CT molecular complexity index is 502. The number of nitrogens with two attached hydrogens (primary N) is 1. The normalized spacial score (nSPS) is 22.6. The van der Waals surface area contributed by atoms with E-state index in [4.69, 9.17) is 10.5 Å². The van der Waals surface area contributed by atoms with E-state index in [1.807, 2.05) is 12.1 Å². The fourth-order valence-corrected chi connectivity index (χ4v) is 3.56. The zero-order chi connectivity index (χ0) is 16.7. The second-order valence-electron chi connectivity index (χ2n) is 6.43. The van der Waals surface area contributed by atoms with Crippen molar-refractivity contribution in [3.63, 3.8) is 0 Å². The summed E-state index contributed by atoms with van der Waals surface area (Å²) in [6.45, 7) is 0.599. The topological polar surface area (TPSA) is 64.3 Å². The molecule has 0 saturated heterocycles. The van der Waals surface area contributed by atoms with Gasteiger partial charge in [-0.25, -0.2) is 0 Å². The van der Waals surface area contributed by atoms with Gasteiger partial charge in [0.25, 0.3) is 0 Å². The average Bonchev–Trinajstić information content (AvgIpc) is 2.53. The van der Waals surface area contributed by atoms with Crippen LogP contribution in [0.3, 0.4) is 0 Å². The Kier molecular flexibility index (Phi) is 7.53. The molecule has 0 aromatic heterocycles.